The number of fused-ring (bicyclic) bond motifs is 1. The van der Waals surface area contributed by atoms with E-state index >= 15 is 0 Å². The van der Waals surface area contributed by atoms with Crippen LogP contribution >= 0.6 is 0 Å². The maximum atomic E-state index is 14.1. The molecule has 0 aliphatic rings. The number of pyridine rings is 1. The summed E-state index contributed by atoms with van der Waals surface area (Å²) in [5.41, 5.74) is 0.606. The number of hydrogen-bond donors (Lipinski definition) is 1. The first-order chi connectivity index (χ1) is 10.1. The third-order valence-corrected chi connectivity index (χ3v) is 3.07. The first-order valence-corrected chi connectivity index (χ1v) is 6.03. The molecule has 2 heterocycles. The third kappa shape index (κ3) is 2.08. The minimum atomic E-state index is -1.09. The fourth-order valence-electron chi connectivity index (χ4n) is 2.08. The number of ether oxygens (including phenoxy) is 1. The molecule has 0 amide bonds. The molecule has 0 unspecified atom stereocenters. The maximum Gasteiger partial charge on any atom is 0.337 e. The summed E-state index contributed by atoms with van der Waals surface area (Å²) in [6.45, 7) is 0. The van der Waals surface area contributed by atoms with Crippen molar-refractivity contribution in [1.29, 1.82) is 0 Å². The molecule has 6 nitrogen and oxygen atoms in total. The van der Waals surface area contributed by atoms with Crippen LogP contribution < -0.4 is 4.74 Å². The van der Waals surface area contributed by atoms with Gasteiger partial charge in [-0.2, -0.15) is 0 Å². The Morgan fingerprint density at radius 2 is 2.10 bits per heavy atom. The van der Waals surface area contributed by atoms with Crippen LogP contribution in [0.2, 0.25) is 0 Å². The lowest BCUT2D eigenvalue weighted by molar-refractivity contribution is 0.0696. The van der Waals surface area contributed by atoms with Crippen molar-refractivity contribution in [3.8, 4) is 17.1 Å². The van der Waals surface area contributed by atoms with Crippen molar-refractivity contribution in [2.45, 2.75) is 0 Å². The van der Waals surface area contributed by atoms with E-state index < -0.39 is 11.8 Å². The van der Waals surface area contributed by atoms with Gasteiger partial charge in [0.05, 0.1) is 18.2 Å². The van der Waals surface area contributed by atoms with E-state index in [2.05, 4.69) is 10.2 Å². The molecule has 0 spiro atoms. The van der Waals surface area contributed by atoms with E-state index in [0.717, 1.165) is 0 Å². The molecular weight excluding hydrogens is 277 g/mol. The highest BCUT2D eigenvalue weighted by molar-refractivity contribution is 5.87. The Kier molecular flexibility index (Phi) is 3.02. The van der Waals surface area contributed by atoms with Crippen LogP contribution in [0.15, 0.2) is 36.5 Å². The molecule has 0 radical (unpaired) electrons. The van der Waals surface area contributed by atoms with E-state index in [0.29, 0.717) is 11.4 Å². The van der Waals surface area contributed by atoms with Crippen LogP contribution in [0.4, 0.5) is 4.39 Å². The molecule has 0 atom stereocenters. The summed E-state index contributed by atoms with van der Waals surface area (Å²) in [5.74, 6) is -1.13. The second kappa shape index (κ2) is 4.86. The Balaban J connectivity index is 2.31. The zero-order valence-electron chi connectivity index (χ0n) is 10.9. The van der Waals surface area contributed by atoms with Gasteiger partial charge >= 0.3 is 5.97 Å². The van der Waals surface area contributed by atoms with Crippen molar-refractivity contribution < 1.29 is 19.0 Å². The molecule has 0 aliphatic heterocycles. The smallest absolute Gasteiger partial charge is 0.337 e. The number of methoxy groups -OCH3 is 1. The quantitative estimate of drug-likeness (QED) is 0.799. The van der Waals surface area contributed by atoms with E-state index in [4.69, 9.17) is 9.84 Å². The van der Waals surface area contributed by atoms with Gasteiger partial charge in [0.15, 0.2) is 11.5 Å². The first-order valence-electron chi connectivity index (χ1n) is 6.03. The van der Waals surface area contributed by atoms with E-state index in [1.165, 1.54) is 42.0 Å². The molecule has 21 heavy (non-hydrogen) atoms. The normalized spacial score (nSPS) is 10.8. The average Bonchev–Trinajstić information content (AvgIpc) is 2.89. The molecule has 1 aromatic carbocycles. The number of rotatable bonds is 3. The molecule has 3 aromatic rings. The number of hydrogen-bond acceptors (Lipinski definition) is 4. The summed E-state index contributed by atoms with van der Waals surface area (Å²) in [6, 6.07) is 7.31. The fourth-order valence-corrected chi connectivity index (χ4v) is 2.08. The maximum absolute atomic E-state index is 14.1. The third-order valence-electron chi connectivity index (χ3n) is 3.07. The molecule has 3 rings (SSSR count). The second-order valence-electron chi connectivity index (χ2n) is 4.29. The number of aromatic nitrogens is 3. The molecule has 0 aliphatic carbocycles. The topological polar surface area (TPSA) is 76.7 Å². The Labute approximate surface area is 118 Å². The van der Waals surface area contributed by atoms with Crippen molar-refractivity contribution in [2.24, 2.45) is 0 Å². The molecule has 2 aromatic heterocycles. The minimum absolute atomic E-state index is 0.0545. The summed E-state index contributed by atoms with van der Waals surface area (Å²) >= 11 is 0. The Morgan fingerprint density at radius 3 is 2.81 bits per heavy atom. The Morgan fingerprint density at radius 1 is 1.29 bits per heavy atom. The summed E-state index contributed by atoms with van der Waals surface area (Å²) in [5, 5.41) is 16.9. The Hall–Kier alpha value is -2.96. The Bertz CT molecular complexity index is 845. The largest absolute Gasteiger partial charge is 0.496 e. The highest BCUT2D eigenvalue weighted by Crippen LogP contribution is 2.31. The van der Waals surface area contributed by atoms with Gasteiger partial charge in [-0.05, 0) is 24.3 Å². The number of aromatic carboxylic acids is 1. The van der Waals surface area contributed by atoms with Crippen LogP contribution in [0.25, 0.3) is 17.0 Å². The summed E-state index contributed by atoms with van der Waals surface area (Å²) < 4.78 is 20.7. The van der Waals surface area contributed by atoms with Gasteiger partial charge in [-0.15, -0.1) is 10.2 Å². The lowest BCUT2D eigenvalue weighted by Crippen LogP contribution is -2.01. The van der Waals surface area contributed by atoms with Crippen LogP contribution in [-0.2, 0) is 0 Å². The SMILES string of the molecule is COc1cccc(F)c1-c1nnc2ccc(C(=O)O)cn12. The van der Waals surface area contributed by atoms with Crippen molar-refractivity contribution in [2.75, 3.05) is 7.11 Å². The lowest BCUT2D eigenvalue weighted by Gasteiger charge is -2.08. The zero-order valence-corrected chi connectivity index (χ0v) is 10.9. The predicted molar refractivity (Wildman–Crippen MR) is 71.9 cm³/mol. The van der Waals surface area contributed by atoms with Gasteiger partial charge in [0.2, 0.25) is 0 Å². The van der Waals surface area contributed by atoms with Crippen LogP contribution in [0.1, 0.15) is 10.4 Å². The van der Waals surface area contributed by atoms with Gasteiger partial charge in [-0.1, -0.05) is 6.07 Å². The van der Waals surface area contributed by atoms with Gasteiger partial charge in [-0.3, -0.25) is 4.40 Å². The molecule has 0 bridgehead atoms. The van der Waals surface area contributed by atoms with Crippen LogP contribution in [0.5, 0.6) is 5.75 Å². The molecule has 0 fully saturated rings. The average molecular weight is 287 g/mol. The number of carbonyl (C=O) groups is 1. The predicted octanol–water partition coefficient (Wildman–Crippen LogP) is 2.24. The minimum Gasteiger partial charge on any atom is -0.496 e. The van der Waals surface area contributed by atoms with Gasteiger partial charge in [-0.25, -0.2) is 9.18 Å². The van der Waals surface area contributed by atoms with E-state index in [-0.39, 0.29) is 17.0 Å². The highest BCUT2D eigenvalue weighted by atomic mass is 19.1. The summed E-state index contributed by atoms with van der Waals surface area (Å²) in [4.78, 5) is 11.1. The van der Waals surface area contributed by atoms with Gasteiger partial charge in [0.25, 0.3) is 0 Å². The number of benzene rings is 1. The van der Waals surface area contributed by atoms with Crippen molar-refractivity contribution in [1.82, 2.24) is 14.6 Å². The highest BCUT2D eigenvalue weighted by Gasteiger charge is 2.18. The van der Waals surface area contributed by atoms with Crippen molar-refractivity contribution in [3.05, 3.63) is 47.9 Å². The second-order valence-corrected chi connectivity index (χ2v) is 4.29. The standard InChI is InChI=1S/C14H10FN3O3/c1-21-10-4-2-3-9(15)12(10)13-17-16-11-6-5-8(14(19)20)7-18(11)13/h2-7H,1H3,(H,19,20). The number of carboxylic acid groups (broad SMARTS) is 1. The van der Waals surface area contributed by atoms with E-state index in [1.54, 1.807) is 6.07 Å². The van der Waals surface area contributed by atoms with Crippen molar-refractivity contribution >= 4 is 11.6 Å². The van der Waals surface area contributed by atoms with Gasteiger partial charge in [0.1, 0.15) is 11.6 Å². The molecule has 0 saturated heterocycles. The molecule has 0 saturated carbocycles. The number of carboxylic acids is 1. The fraction of sp³-hybridized carbons (Fsp3) is 0.0714. The van der Waals surface area contributed by atoms with E-state index in [1.807, 2.05) is 0 Å². The summed E-state index contributed by atoms with van der Waals surface area (Å²) in [7, 11) is 1.42. The molecule has 7 heteroatoms. The van der Waals surface area contributed by atoms with Crippen molar-refractivity contribution in [3.63, 3.8) is 0 Å². The van der Waals surface area contributed by atoms with Gasteiger partial charge in [0, 0.05) is 6.20 Å². The molecular formula is C14H10FN3O3. The molecule has 106 valence electrons. The van der Waals surface area contributed by atoms with Gasteiger partial charge < -0.3 is 9.84 Å². The number of halogens is 1. The number of nitrogens with zero attached hydrogens (tertiary/aromatic N) is 3. The van der Waals surface area contributed by atoms with E-state index in [9.17, 15) is 9.18 Å². The summed E-state index contributed by atoms with van der Waals surface area (Å²) in [6.07, 6.45) is 1.35. The lowest BCUT2D eigenvalue weighted by atomic mass is 10.1. The monoisotopic (exact) mass is 287 g/mol. The molecule has 1 N–H and O–H groups in total. The zero-order chi connectivity index (χ0) is 15.0. The van der Waals surface area contributed by atoms with Crippen LogP contribution in [-0.4, -0.2) is 32.8 Å². The first kappa shape index (κ1) is 13.0. The van der Waals surface area contributed by atoms with Crippen LogP contribution in [0, 0.1) is 5.82 Å². The van der Waals surface area contributed by atoms with Crippen LogP contribution in [0.3, 0.4) is 0 Å².